The van der Waals surface area contributed by atoms with Crippen LogP contribution in [0.3, 0.4) is 0 Å². The fraction of sp³-hybridized carbons (Fsp3) is 0.417. The van der Waals surface area contributed by atoms with Gasteiger partial charge in [0.2, 0.25) is 0 Å². The summed E-state index contributed by atoms with van der Waals surface area (Å²) in [4.78, 5) is 0. The number of thioether (sulfide) groups is 2. The Kier molecular flexibility index (Phi) is 2.22. The van der Waals surface area contributed by atoms with E-state index in [0.29, 0.717) is 4.08 Å². The van der Waals surface area contributed by atoms with Crippen molar-refractivity contribution in [3.63, 3.8) is 0 Å². The Morgan fingerprint density at radius 1 is 1.27 bits per heavy atom. The molecule has 3 heteroatoms. The summed E-state index contributed by atoms with van der Waals surface area (Å²) in [6.07, 6.45) is 2.42. The molecule has 1 aromatic carbocycles. The first kappa shape index (κ1) is 9.62. The van der Waals surface area contributed by atoms with Crippen molar-refractivity contribution in [1.29, 1.82) is 5.26 Å². The van der Waals surface area contributed by atoms with E-state index in [1.54, 1.807) is 0 Å². The van der Waals surface area contributed by atoms with Crippen molar-refractivity contribution in [2.24, 2.45) is 0 Å². The summed E-state index contributed by atoms with van der Waals surface area (Å²) in [7, 11) is 0. The van der Waals surface area contributed by atoms with E-state index in [2.05, 4.69) is 41.7 Å². The van der Waals surface area contributed by atoms with Gasteiger partial charge >= 0.3 is 0 Å². The van der Waals surface area contributed by atoms with E-state index in [1.165, 1.54) is 35.5 Å². The molecule has 0 saturated carbocycles. The summed E-state index contributed by atoms with van der Waals surface area (Å²) in [5.41, 5.74) is 3.69. The minimum atomic E-state index is 0.294. The highest BCUT2D eigenvalue weighted by Crippen LogP contribution is 2.58. The highest BCUT2D eigenvalue weighted by molar-refractivity contribution is 8.20. The molecule has 1 fully saturated rings. The molecule has 1 heterocycles. The zero-order valence-corrected chi connectivity index (χ0v) is 9.96. The Balaban J connectivity index is 2.12. The van der Waals surface area contributed by atoms with E-state index < -0.39 is 0 Å². The summed E-state index contributed by atoms with van der Waals surface area (Å²) in [5, 5.41) is 8.94. The number of nitriles is 1. The third-order valence-corrected chi connectivity index (χ3v) is 6.69. The number of nitrogens with zero attached hydrogens (tertiary/aromatic N) is 1. The third kappa shape index (κ3) is 1.39. The van der Waals surface area contributed by atoms with Gasteiger partial charge in [0.05, 0.1) is 15.7 Å². The van der Waals surface area contributed by atoms with E-state index >= 15 is 0 Å². The van der Waals surface area contributed by atoms with Crippen LogP contribution < -0.4 is 0 Å². The van der Waals surface area contributed by atoms with Crippen LogP contribution >= 0.6 is 23.5 Å². The SMILES string of the molecule is N#Cc1ccc2c(c1)C1(CC2)SCCS1. The van der Waals surface area contributed by atoms with Crippen LogP contribution in [0.1, 0.15) is 23.1 Å². The summed E-state index contributed by atoms with van der Waals surface area (Å²) in [5.74, 6) is 2.50. The van der Waals surface area contributed by atoms with Crippen molar-refractivity contribution in [1.82, 2.24) is 0 Å². The first-order chi connectivity index (χ1) is 7.34. The highest BCUT2D eigenvalue weighted by atomic mass is 32.2. The van der Waals surface area contributed by atoms with E-state index in [1.807, 2.05) is 6.07 Å². The Morgan fingerprint density at radius 3 is 2.80 bits per heavy atom. The third-order valence-electron chi connectivity index (χ3n) is 3.13. The lowest BCUT2D eigenvalue weighted by Gasteiger charge is -2.22. The molecule has 0 radical (unpaired) electrons. The van der Waals surface area contributed by atoms with Gasteiger partial charge in [0.1, 0.15) is 0 Å². The number of benzene rings is 1. The second-order valence-electron chi connectivity index (χ2n) is 3.93. The molecule has 76 valence electrons. The second-order valence-corrected chi connectivity index (χ2v) is 6.98. The summed E-state index contributed by atoms with van der Waals surface area (Å²) in [6, 6.07) is 8.44. The zero-order chi connectivity index (χ0) is 10.3. The average molecular weight is 233 g/mol. The minimum Gasteiger partial charge on any atom is -0.192 e. The van der Waals surface area contributed by atoms with Gasteiger partial charge in [0.15, 0.2) is 0 Å². The molecule has 1 saturated heterocycles. The fourth-order valence-electron chi connectivity index (χ4n) is 2.41. The van der Waals surface area contributed by atoms with Crippen molar-refractivity contribution in [3.8, 4) is 6.07 Å². The van der Waals surface area contributed by atoms with Gasteiger partial charge in [-0.15, -0.1) is 23.5 Å². The fourth-order valence-corrected chi connectivity index (χ4v) is 5.75. The maximum Gasteiger partial charge on any atom is 0.0991 e. The van der Waals surface area contributed by atoms with Crippen molar-refractivity contribution >= 4 is 23.5 Å². The van der Waals surface area contributed by atoms with Gasteiger partial charge in [-0.05, 0) is 36.1 Å². The standard InChI is InChI=1S/C12H11NS2/c13-8-9-1-2-10-3-4-12(11(10)7-9)14-5-6-15-12/h1-2,7H,3-6H2. The van der Waals surface area contributed by atoms with Crippen LogP contribution in [0.15, 0.2) is 18.2 Å². The van der Waals surface area contributed by atoms with Crippen LogP contribution in [0.2, 0.25) is 0 Å². The van der Waals surface area contributed by atoms with Gasteiger partial charge in [-0.1, -0.05) is 6.07 Å². The van der Waals surface area contributed by atoms with E-state index in [0.717, 1.165) is 5.56 Å². The van der Waals surface area contributed by atoms with Gasteiger partial charge in [-0.3, -0.25) is 0 Å². The van der Waals surface area contributed by atoms with Crippen LogP contribution in [0.25, 0.3) is 0 Å². The lowest BCUT2D eigenvalue weighted by molar-refractivity contribution is 0.844. The Bertz CT molecular complexity index is 441. The minimum absolute atomic E-state index is 0.294. The van der Waals surface area contributed by atoms with Crippen LogP contribution in [0.5, 0.6) is 0 Å². The van der Waals surface area contributed by atoms with Crippen LogP contribution in [-0.2, 0) is 10.5 Å². The number of rotatable bonds is 0. The van der Waals surface area contributed by atoms with Crippen LogP contribution in [0.4, 0.5) is 0 Å². The first-order valence-corrected chi connectivity index (χ1v) is 7.13. The molecule has 0 atom stereocenters. The molecule has 0 bridgehead atoms. The molecule has 1 spiro atoms. The summed E-state index contributed by atoms with van der Waals surface area (Å²) in [6.45, 7) is 0. The maximum absolute atomic E-state index is 8.94. The number of fused-ring (bicyclic) bond motifs is 2. The predicted octanol–water partition coefficient (Wildman–Crippen LogP) is 3.14. The normalized spacial score (nSPS) is 21.5. The van der Waals surface area contributed by atoms with E-state index in [9.17, 15) is 0 Å². The molecule has 0 N–H and O–H groups in total. The number of hydrogen-bond donors (Lipinski definition) is 0. The van der Waals surface area contributed by atoms with Crippen LogP contribution in [0, 0.1) is 11.3 Å². The van der Waals surface area contributed by atoms with Gasteiger partial charge in [-0.25, -0.2) is 0 Å². The molecule has 0 unspecified atom stereocenters. The van der Waals surface area contributed by atoms with Crippen molar-refractivity contribution in [2.75, 3.05) is 11.5 Å². The predicted molar refractivity (Wildman–Crippen MR) is 66.1 cm³/mol. The van der Waals surface area contributed by atoms with Crippen molar-refractivity contribution < 1.29 is 0 Å². The summed E-state index contributed by atoms with van der Waals surface area (Å²) < 4.78 is 0.294. The van der Waals surface area contributed by atoms with Crippen LogP contribution in [-0.4, -0.2) is 11.5 Å². The van der Waals surface area contributed by atoms with Crippen molar-refractivity contribution in [2.45, 2.75) is 16.9 Å². The highest BCUT2D eigenvalue weighted by Gasteiger charge is 2.42. The zero-order valence-electron chi connectivity index (χ0n) is 8.32. The average Bonchev–Trinajstić information content (AvgIpc) is 2.89. The molecule has 2 aliphatic rings. The molecule has 1 aliphatic heterocycles. The first-order valence-electron chi connectivity index (χ1n) is 5.15. The Morgan fingerprint density at radius 2 is 2.07 bits per heavy atom. The molecule has 1 aliphatic carbocycles. The lowest BCUT2D eigenvalue weighted by Crippen LogP contribution is -2.09. The topological polar surface area (TPSA) is 23.8 Å². The Hall–Kier alpha value is -0.590. The second kappa shape index (κ2) is 3.47. The number of aryl methyl sites for hydroxylation is 1. The molecule has 0 aromatic heterocycles. The monoisotopic (exact) mass is 233 g/mol. The molecule has 0 amide bonds. The molecule has 1 aromatic rings. The van der Waals surface area contributed by atoms with Gasteiger partial charge < -0.3 is 0 Å². The molecule has 3 rings (SSSR count). The van der Waals surface area contributed by atoms with E-state index in [-0.39, 0.29) is 0 Å². The molecular weight excluding hydrogens is 222 g/mol. The molecule has 1 nitrogen and oxygen atoms in total. The molecular formula is C12H11NS2. The number of hydrogen-bond acceptors (Lipinski definition) is 3. The Labute approximate surface area is 98.2 Å². The van der Waals surface area contributed by atoms with Gasteiger partial charge in [0, 0.05) is 11.5 Å². The molecule has 15 heavy (non-hydrogen) atoms. The van der Waals surface area contributed by atoms with Gasteiger partial charge in [-0.2, -0.15) is 5.26 Å². The maximum atomic E-state index is 8.94. The van der Waals surface area contributed by atoms with Gasteiger partial charge in [0.25, 0.3) is 0 Å². The lowest BCUT2D eigenvalue weighted by atomic mass is 10.1. The van der Waals surface area contributed by atoms with Crippen molar-refractivity contribution in [3.05, 3.63) is 34.9 Å². The smallest absolute Gasteiger partial charge is 0.0991 e. The van der Waals surface area contributed by atoms with E-state index in [4.69, 9.17) is 5.26 Å². The largest absolute Gasteiger partial charge is 0.192 e. The quantitative estimate of drug-likeness (QED) is 0.688. The summed E-state index contributed by atoms with van der Waals surface area (Å²) >= 11 is 4.14.